The maximum absolute atomic E-state index is 4.79. The molecule has 0 aliphatic heterocycles. The Morgan fingerprint density at radius 2 is 1.62 bits per heavy atom. The molecule has 8 N–H and O–H groups in total. The zero-order chi connectivity index (χ0) is 5.70. The fraction of sp³-hybridized carbons (Fsp3) is 0. The molecule has 0 aliphatic carbocycles. The number of nitrogens with one attached hydrogen (secondary N) is 2. The third-order valence-electron chi connectivity index (χ3n) is 0.403. The van der Waals surface area contributed by atoms with Crippen LogP contribution in [-0.4, -0.2) is 5.96 Å². The molecule has 0 spiro atoms. The van der Waals surface area contributed by atoms with Crippen molar-refractivity contribution < 1.29 is 0 Å². The molecule has 0 atom stereocenters. The van der Waals surface area contributed by atoms with E-state index in [9.17, 15) is 0 Å². The van der Waals surface area contributed by atoms with Crippen molar-refractivity contribution in [1.82, 2.24) is 10.9 Å². The Hall–Kier alpha value is -0.530. The summed E-state index contributed by atoms with van der Waals surface area (Å²) in [5, 5.41) is 3.07. The molecular weight excluding hydrogens is 176 g/mol. The summed E-state index contributed by atoms with van der Waals surface area (Å²) in [6.07, 6.45) is 0. The molecule has 0 saturated carbocycles. The highest BCUT2D eigenvalue weighted by molar-refractivity contribution is 8.93. The second kappa shape index (κ2) is 6.47. The number of rotatable bonds is 0. The topological polar surface area (TPSA) is 114 Å². The molecule has 0 rings (SSSR count). The Kier molecular flexibility index (Phi) is 8.45. The van der Waals surface area contributed by atoms with Crippen molar-refractivity contribution in [2.45, 2.75) is 0 Å². The minimum atomic E-state index is 0. The smallest absolute Gasteiger partial charge is 0.241 e. The lowest BCUT2D eigenvalue weighted by Gasteiger charge is -1.97. The summed E-state index contributed by atoms with van der Waals surface area (Å²) >= 11 is 0. The highest BCUT2D eigenvalue weighted by atomic mass is 79.9. The van der Waals surface area contributed by atoms with Crippen LogP contribution in [0.25, 0.3) is 0 Å². The van der Waals surface area contributed by atoms with E-state index in [4.69, 9.17) is 17.5 Å². The van der Waals surface area contributed by atoms with E-state index in [0.717, 1.165) is 0 Å². The monoisotopic (exact) mass is 184 g/mol. The number of hydrazine groups is 2. The molecule has 0 aliphatic rings. The zero-order valence-corrected chi connectivity index (χ0v) is 5.80. The number of hydrogen-bond acceptors (Lipinski definition) is 4. The van der Waals surface area contributed by atoms with E-state index in [-0.39, 0.29) is 22.9 Å². The van der Waals surface area contributed by atoms with Crippen molar-refractivity contribution in [3.63, 3.8) is 0 Å². The number of hydrazone groups is 1. The van der Waals surface area contributed by atoms with Gasteiger partial charge in [0.25, 0.3) is 0 Å². The third kappa shape index (κ3) is 3.65. The van der Waals surface area contributed by atoms with E-state index < -0.39 is 0 Å². The van der Waals surface area contributed by atoms with E-state index in [0.29, 0.717) is 0 Å². The standard InChI is InChI=1S/CH8N6.BrH/c2-5-1(6-3)7-4;/h2-4H2,(H2,5,6,7);1H. The first-order valence-corrected chi connectivity index (χ1v) is 1.56. The molecule has 0 saturated heterocycles. The summed E-state index contributed by atoms with van der Waals surface area (Å²) in [5.74, 6) is 14.4. The molecule has 0 amide bonds. The predicted octanol–water partition coefficient (Wildman–Crippen LogP) is -2.28. The lowest BCUT2D eigenvalue weighted by Crippen LogP contribution is -2.45. The maximum atomic E-state index is 4.79. The van der Waals surface area contributed by atoms with Gasteiger partial charge in [0.05, 0.1) is 0 Å². The number of hydrogen-bond donors (Lipinski definition) is 5. The summed E-state index contributed by atoms with van der Waals surface area (Å²) in [7, 11) is 0. The van der Waals surface area contributed by atoms with Crippen LogP contribution >= 0.6 is 17.0 Å². The molecule has 6 nitrogen and oxygen atoms in total. The molecule has 0 radical (unpaired) electrons. The van der Waals surface area contributed by atoms with E-state index in [2.05, 4.69) is 16.0 Å². The number of guanidine groups is 1. The van der Waals surface area contributed by atoms with Gasteiger partial charge in [-0.05, 0) is 0 Å². The molecule has 8 heavy (non-hydrogen) atoms. The Bertz CT molecular complexity index is 62.9. The van der Waals surface area contributed by atoms with Gasteiger partial charge < -0.3 is 5.84 Å². The molecule has 50 valence electrons. The average Bonchev–Trinajstić information content (AvgIpc) is 1.72. The molecule has 0 aromatic heterocycles. The van der Waals surface area contributed by atoms with Gasteiger partial charge >= 0.3 is 0 Å². The molecule has 0 aromatic rings. The van der Waals surface area contributed by atoms with Gasteiger partial charge in [0.15, 0.2) is 0 Å². The van der Waals surface area contributed by atoms with Crippen LogP contribution in [0.5, 0.6) is 0 Å². The third-order valence-corrected chi connectivity index (χ3v) is 0.403. The summed E-state index contributed by atoms with van der Waals surface area (Å²) in [6.45, 7) is 0. The maximum Gasteiger partial charge on any atom is 0.241 e. The second-order valence-corrected chi connectivity index (χ2v) is 0.766. The number of nitrogens with two attached hydrogens (primary N) is 3. The van der Waals surface area contributed by atoms with E-state index in [1.54, 1.807) is 0 Å². The van der Waals surface area contributed by atoms with Crippen LogP contribution in [0.4, 0.5) is 0 Å². The van der Waals surface area contributed by atoms with Crippen molar-refractivity contribution in [2.75, 3.05) is 0 Å². The minimum Gasteiger partial charge on any atom is -0.320 e. The first kappa shape index (κ1) is 10.5. The first-order valence-electron chi connectivity index (χ1n) is 1.56. The number of halogens is 1. The van der Waals surface area contributed by atoms with Gasteiger partial charge in [-0.3, -0.25) is 10.9 Å². The fourth-order valence-electron chi connectivity index (χ4n) is 0.116. The molecule has 0 bridgehead atoms. The Morgan fingerprint density at radius 1 is 1.25 bits per heavy atom. The molecule has 0 heterocycles. The van der Waals surface area contributed by atoms with Gasteiger partial charge in [0.1, 0.15) is 0 Å². The predicted molar refractivity (Wildman–Crippen MR) is 36.6 cm³/mol. The van der Waals surface area contributed by atoms with Crippen LogP contribution in [0.1, 0.15) is 0 Å². The number of nitrogens with zero attached hydrogens (tertiary/aromatic N) is 1. The van der Waals surface area contributed by atoms with Crippen LogP contribution in [0.2, 0.25) is 0 Å². The highest BCUT2D eigenvalue weighted by Gasteiger charge is 1.82. The molecular formula is CH9BrN6. The van der Waals surface area contributed by atoms with E-state index >= 15 is 0 Å². The van der Waals surface area contributed by atoms with Crippen molar-refractivity contribution in [3.8, 4) is 0 Å². The average molecular weight is 185 g/mol. The molecule has 7 heteroatoms. The van der Waals surface area contributed by atoms with Crippen molar-refractivity contribution in [3.05, 3.63) is 0 Å². The summed E-state index contributed by atoms with van der Waals surface area (Å²) in [4.78, 5) is 0. The lowest BCUT2D eigenvalue weighted by molar-refractivity contribution is 0.881. The van der Waals surface area contributed by atoms with Crippen molar-refractivity contribution in [1.29, 1.82) is 0 Å². The van der Waals surface area contributed by atoms with Crippen LogP contribution in [0, 0.1) is 0 Å². The van der Waals surface area contributed by atoms with Gasteiger partial charge in [0, 0.05) is 0 Å². The van der Waals surface area contributed by atoms with Crippen molar-refractivity contribution >= 4 is 22.9 Å². The van der Waals surface area contributed by atoms with E-state index in [1.807, 2.05) is 0 Å². The van der Waals surface area contributed by atoms with Gasteiger partial charge in [-0.15, -0.1) is 22.1 Å². The molecule has 0 fully saturated rings. The van der Waals surface area contributed by atoms with Crippen LogP contribution in [0.15, 0.2) is 5.10 Å². The first-order chi connectivity index (χ1) is 3.35. The zero-order valence-electron chi connectivity index (χ0n) is 4.09. The Labute approximate surface area is 57.2 Å². The second-order valence-electron chi connectivity index (χ2n) is 0.766. The van der Waals surface area contributed by atoms with Crippen LogP contribution < -0.4 is 28.4 Å². The summed E-state index contributed by atoms with van der Waals surface area (Å²) in [5.41, 5.74) is 4.18. The largest absolute Gasteiger partial charge is 0.320 e. The minimum absolute atomic E-state index is 0. The summed E-state index contributed by atoms with van der Waals surface area (Å²) < 4.78 is 0. The summed E-state index contributed by atoms with van der Waals surface area (Å²) in [6, 6.07) is 0. The molecule has 0 aromatic carbocycles. The van der Waals surface area contributed by atoms with Gasteiger partial charge in [-0.2, -0.15) is 0 Å². The SMILES string of the molecule is Br.NN=C(NN)NN. The van der Waals surface area contributed by atoms with Crippen LogP contribution in [-0.2, 0) is 0 Å². The highest BCUT2D eigenvalue weighted by Crippen LogP contribution is 1.45. The fourth-order valence-corrected chi connectivity index (χ4v) is 0.116. The van der Waals surface area contributed by atoms with Gasteiger partial charge in [-0.25, -0.2) is 11.7 Å². The van der Waals surface area contributed by atoms with Crippen LogP contribution in [0.3, 0.4) is 0 Å². The Morgan fingerprint density at radius 3 is 1.62 bits per heavy atom. The quantitative estimate of drug-likeness (QED) is 0.126. The Balaban J connectivity index is 0. The normalized spacial score (nSPS) is 6.25. The van der Waals surface area contributed by atoms with Gasteiger partial charge in [-0.1, -0.05) is 0 Å². The van der Waals surface area contributed by atoms with Crippen molar-refractivity contribution in [2.24, 2.45) is 22.6 Å². The van der Waals surface area contributed by atoms with Gasteiger partial charge in [0.2, 0.25) is 5.96 Å². The van der Waals surface area contributed by atoms with E-state index in [1.165, 1.54) is 0 Å². The molecule has 0 unspecified atom stereocenters. The lowest BCUT2D eigenvalue weighted by atomic mass is 11.1.